The minimum absolute atomic E-state index is 0.120. The summed E-state index contributed by atoms with van der Waals surface area (Å²) in [6.45, 7) is 2.35. The largest absolute Gasteiger partial charge is 0.481 e. The topological polar surface area (TPSA) is 72.6 Å². The van der Waals surface area contributed by atoms with Gasteiger partial charge in [-0.25, -0.2) is 0 Å². The Kier molecular flexibility index (Phi) is 5.66. The third-order valence-corrected chi connectivity index (χ3v) is 4.04. The van der Waals surface area contributed by atoms with Crippen LogP contribution in [0.3, 0.4) is 0 Å². The molecule has 2 rings (SSSR count). The van der Waals surface area contributed by atoms with Crippen LogP contribution in [0.1, 0.15) is 32.6 Å². The molecule has 1 aliphatic heterocycles. The van der Waals surface area contributed by atoms with Gasteiger partial charge in [0.1, 0.15) is 5.75 Å². The van der Waals surface area contributed by atoms with E-state index >= 15 is 0 Å². The summed E-state index contributed by atoms with van der Waals surface area (Å²) < 4.78 is 5.67. The molecule has 0 bridgehead atoms. The van der Waals surface area contributed by atoms with Gasteiger partial charge in [-0.1, -0.05) is 17.7 Å². The van der Waals surface area contributed by atoms with E-state index in [-0.39, 0.29) is 24.3 Å². The predicted octanol–water partition coefficient (Wildman–Crippen LogP) is 2.36. The van der Waals surface area contributed by atoms with Gasteiger partial charge in [0.25, 0.3) is 5.91 Å². The van der Waals surface area contributed by atoms with Gasteiger partial charge in [-0.05, 0) is 44.4 Å². The number of benzene rings is 1. The smallest absolute Gasteiger partial charge is 0.263 e. The molecule has 5 nitrogen and oxygen atoms in total. The summed E-state index contributed by atoms with van der Waals surface area (Å²) in [6.07, 6.45) is 2.32. The second-order valence-corrected chi connectivity index (χ2v) is 6.01. The number of hydrogen-bond acceptors (Lipinski definition) is 3. The summed E-state index contributed by atoms with van der Waals surface area (Å²) in [7, 11) is 0. The van der Waals surface area contributed by atoms with Gasteiger partial charge in [-0.3, -0.25) is 9.59 Å². The van der Waals surface area contributed by atoms with Crippen molar-refractivity contribution in [2.24, 2.45) is 5.73 Å². The molecule has 1 aromatic rings. The monoisotopic (exact) mass is 324 g/mol. The Bertz CT molecular complexity index is 550. The number of ether oxygens (including phenoxy) is 1. The van der Waals surface area contributed by atoms with Crippen LogP contribution in [0.4, 0.5) is 0 Å². The van der Waals surface area contributed by atoms with Gasteiger partial charge in [0.05, 0.1) is 0 Å². The van der Waals surface area contributed by atoms with Crippen LogP contribution in [0, 0.1) is 0 Å². The van der Waals surface area contributed by atoms with Crippen LogP contribution in [-0.2, 0) is 9.59 Å². The second kappa shape index (κ2) is 7.49. The quantitative estimate of drug-likeness (QED) is 0.903. The molecule has 2 atom stereocenters. The first-order valence-corrected chi connectivity index (χ1v) is 7.86. The highest BCUT2D eigenvalue weighted by Gasteiger charge is 2.31. The molecule has 0 aliphatic carbocycles. The molecule has 1 aliphatic rings. The first-order chi connectivity index (χ1) is 10.5. The molecule has 2 N–H and O–H groups in total. The molecular formula is C16H21ClN2O3. The fourth-order valence-corrected chi connectivity index (χ4v) is 2.94. The van der Waals surface area contributed by atoms with Gasteiger partial charge in [-0.2, -0.15) is 0 Å². The van der Waals surface area contributed by atoms with Gasteiger partial charge in [0.2, 0.25) is 5.91 Å². The van der Waals surface area contributed by atoms with E-state index in [2.05, 4.69) is 0 Å². The molecule has 0 unspecified atom stereocenters. The number of primary amides is 1. The zero-order valence-corrected chi connectivity index (χ0v) is 13.4. The highest BCUT2D eigenvalue weighted by molar-refractivity contribution is 6.30. The van der Waals surface area contributed by atoms with E-state index in [1.54, 1.807) is 36.1 Å². The van der Waals surface area contributed by atoms with Crippen molar-refractivity contribution in [1.29, 1.82) is 0 Å². The van der Waals surface area contributed by atoms with E-state index in [4.69, 9.17) is 22.1 Å². The number of nitrogens with zero attached hydrogens (tertiary/aromatic N) is 1. The fourth-order valence-electron chi connectivity index (χ4n) is 2.76. The van der Waals surface area contributed by atoms with Crippen LogP contribution in [0.5, 0.6) is 5.75 Å². The molecular weight excluding hydrogens is 304 g/mol. The molecule has 1 heterocycles. The van der Waals surface area contributed by atoms with Crippen molar-refractivity contribution in [3.05, 3.63) is 29.3 Å². The number of rotatable bonds is 5. The maximum Gasteiger partial charge on any atom is 0.263 e. The first kappa shape index (κ1) is 16.6. The molecule has 1 saturated heterocycles. The van der Waals surface area contributed by atoms with Crippen molar-refractivity contribution in [1.82, 2.24) is 4.90 Å². The van der Waals surface area contributed by atoms with E-state index in [9.17, 15) is 9.59 Å². The second-order valence-electron chi connectivity index (χ2n) is 5.57. The van der Waals surface area contributed by atoms with Crippen molar-refractivity contribution in [2.45, 2.75) is 44.8 Å². The van der Waals surface area contributed by atoms with Crippen LogP contribution in [0.25, 0.3) is 0 Å². The lowest BCUT2D eigenvalue weighted by atomic mass is 9.98. The number of amides is 2. The van der Waals surface area contributed by atoms with Gasteiger partial charge in [-0.15, -0.1) is 0 Å². The highest BCUT2D eigenvalue weighted by atomic mass is 35.5. The number of carbonyl (C=O) groups is 2. The number of likely N-dealkylation sites (tertiary alicyclic amines) is 1. The maximum absolute atomic E-state index is 12.6. The molecule has 6 heteroatoms. The number of piperidine rings is 1. The number of hydrogen-bond donors (Lipinski definition) is 1. The number of carbonyl (C=O) groups excluding carboxylic acids is 2. The molecule has 0 radical (unpaired) electrons. The standard InChI is InChI=1S/C16H21ClN2O3/c1-11(22-14-7-4-5-12(17)9-14)16(21)19-8-3-2-6-13(19)10-15(18)20/h4-5,7,9,11,13H,2-3,6,8,10H2,1H3,(H2,18,20)/t11-,13-/m0/s1. The zero-order valence-electron chi connectivity index (χ0n) is 12.6. The Hall–Kier alpha value is -1.75. The highest BCUT2D eigenvalue weighted by Crippen LogP contribution is 2.23. The Labute approximate surface area is 135 Å². The summed E-state index contributed by atoms with van der Waals surface area (Å²) >= 11 is 5.91. The van der Waals surface area contributed by atoms with Gasteiger partial charge in [0, 0.05) is 24.0 Å². The minimum atomic E-state index is -0.632. The fraction of sp³-hybridized carbons (Fsp3) is 0.500. The van der Waals surface area contributed by atoms with Crippen LogP contribution in [0.15, 0.2) is 24.3 Å². The lowest BCUT2D eigenvalue weighted by Crippen LogP contribution is -2.50. The van der Waals surface area contributed by atoms with Gasteiger partial charge < -0.3 is 15.4 Å². The summed E-state index contributed by atoms with van der Waals surface area (Å²) in [4.78, 5) is 25.5. The van der Waals surface area contributed by atoms with Crippen LogP contribution >= 0.6 is 11.6 Å². The molecule has 120 valence electrons. The summed E-state index contributed by atoms with van der Waals surface area (Å²) in [5.41, 5.74) is 5.28. The van der Waals surface area contributed by atoms with Crippen molar-refractivity contribution < 1.29 is 14.3 Å². The van der Waals surface area contributed by atoms with Crippen molar-refractivity contribution in [3.8, 4) is 5.75 Å². The SMILES string of the molecule is C[C@H](Oc1cccc(Cl)c1)C(=O)N1CCCC[C@H]1CC(N)=O. The molecule has 0 aromatic heterocycles. The van der Waals surface area contributed by atoms with Crippen LogP contribution in [0.2, 0.25) is 5.02 Å². The van der Waals surface area contributed by atoms with Crippen LogP contribution in [-0.4, -0.2) is 35.4 Å². The Morgan fingerprint density at radius 3 is 2.91 bits per heavy atom. The normalized spacial score (nSPS) is 19.5. The maximum atomic E-state index is 12.6. The lowest BCUT2D eigenvalue weighted by Gasteiger charge is -2.36. The van der Waals surface area contributed by atoms with E-state index in [1.165, 1.54) is 0 Å². The molecule has 0 spiro atoms. The Balaban J connectivity index is 2.02. The first-order valence-electron chi connectivity index (χ1n) is 7.48. The number of halogens is 1. The lowest BCUT2D eigenvalue weighted by molar-refractivity contribution is -0.142. The van der Waals surface area contributed by atoms with Crippen LogP contribution < -0.4 is 10.5 Å². The van der Waals surface area contributed by atoms with E-state index in [0.717, 1.165) is 19.3 Å². The third-order valence-electron chi connectivity index (χ3n) is 3.80. The Morgan fingerprint density at radius 1 is 1.45 bits per heavy atom. The molecule has 2 amide bonds. The van der Waals surface area contributed by atoms with Crippen molar-refractivity contribution in [3.63, 3.8) is 0 Å². The molecule has 1 fully saturated rings. The zero-order chi connectivity index (χ0) is 16.1. The molecule has 22 heavy (non-hydrogen) atoms. The molecule has 1 aromatic carbocycles. The average molecular weight is 325 g/mol. The average Bonchev–Trinajstić information content (AvgIpc) is 2.46. The Morgan fingerprint density at radius 2 is 2.23 bits per heavy atom. The summed E-state index contributed by atoms with van der Waals surface area (Å²) in [6, 6.07) is 6.82. The summed E-state index contributed by atoms with van der Waals surface area (Å²) in [5, 5.41) is 0.557. The van der Waals surface area contributed by atoms with E-state index in [0.29, 0.717) is 17.3 Å². The summed E-state index contributed by atoms with van der Waals surface area (Å²) in [5.74, 6) is 0.0517. The minimum Gasteiger partial charge on any atom is -0.481 e. The van der Waals surface area contributed by atoms with Crippen molar-refractivity contribution in [2.75, 3.05) is 6.54 Å². The number of nitrogens with two attached hydrogens (primary N) is 1. The third kappa shape index (κ3) is 4.37. The van der Waals surface area contributed by atoms with Crippen molar-refractivity contribution >= 4 is 23.4 Å². The predicted molar refractivity (Wildman–Crippen MR) is 84.7 cm³/mol. The van der Waals surface area contributed by atoms with E-state index < -0.39 is 6.10 Å². The molecule has 0 saturated carbocycles. The van der Waals surface area contributed by atoms with Gasteiger partial charge in [0.15, 0.2) is 6.10 Å². The van der Waals surface area contributed by atoms with E-state index in [1.807, 2.05) is 0 Å². The van der Waals surface area contributed by atoms with Gasteiger partial charge >= 0.3 is 0 Å².